The van der Waals surface area contributed by atoms with Crippen LogP contribution in [0.1, 0.15) is 34.8 Å². The van der Waals surface area contributed by atoms with Gasteiger partial charge in [-0.3, -0.25) is 4.79 Å². The van der Waals surface area contributed by atoms with Crippen LogP contribution in [0.5, 0.6) is 0 Å². The van der Waals surface area contributed by atoms with Crippen molar-refractivity contribution < 1.29 is 4.79 Å². The molecule has 1 unspecified atom stereocenters. The van der Waals surface area contributed by atoms with E-state index in [1.807, 2.05) is 24.3 Å². The van der Waals surface area contributed by atoms with Gasteiger partial charge in [0.25, 0.3) is 5.91 Å². The van der Waals surface area contributed by atoms with Crippen LogP contribution in [0.2, 0.25) is 5.02 Å². The topological polar surface area (TPSA) is 83.6 Å². The zero-order chi connectivity index (χ0) is 16.5. The van der Waals surface area contributed by atoms with Gasteiger partial charge in [0, 0.05) is 17.5 Å². The molecule has 2 N–H and O–H groups in total. The van der Waals surface area contributed by atoms with Gasteiger partial charge in [-0.05, 0) is 36.5 Å². The molecule has 0 saturated heterocycles. The predicted molar refractivity (Wildman–Crippen MR) is 90.9 cm³/mol. The van der Waals surface area contributed by atoms with Crippen LogP contribution < -0.4 is 5.32 Å². The summed E-state index contributed by atoms with van der Waals surface area (Å²) in [5.41, 5.74) is 2.58. The van der Waals surface area contributed by atoms with E-state index in [1.54, 1.807) is 0 Å². The summed E-state index contributed by atoms with van der Waals surface area (Å²) < 4.78 is 0. The molecule has 0 bridgehead atoms. The number of rotatable bonds is 5. The van der Waals surface area contributed by atoms with Crippen LogP contribution in [-0.4, -0.2) is 32.4 Å². The van der Waals surface area contributed by atoms with Crippen LogP contribution in [0.25, 0.3) is 11.2 Å². The molecule has 0 spiro atoms. The third-order valence-electron chi connectivity index (χ3n) is 4.41. The maximum Gasteiger partial charge on any atom is 0.272 e. The summed E-state index contributed by atoms with van der Waals surface area (Å²) in [6, 6.07) is 7.86. The van der Waals surface area contributed by atoms with Gasteiger partial charge in [-0.2, -0.15) is 0 Å². The number of aromatic amines is 1. The smallest absolute Gasteiger partial charge is 0.272 e. The molecule has 1 atom stereocenters. The lowest BCUT2D eigenvalue weighted by Crippen LogP contribution is -2.30. The van der Waals surface area contributed by atoms with E-state index in [0.717, 1.165) is 5.02 Å². The molecule has 0 aliphatic heterocycles. The van der Waals surface area contributed by atoms with E-state index in [9.17, 15) is 4.79 Å². The number of halogens is 1. The average Bonchev–Trinajstić information content (AvgIpc) is 3.31. The Labute approximate surface area is 143 Å². The van der Waals surface area contributed by atoms with Gasteiger partial charge in [0.05, 0.1) is 6.33 Å². The lowest BCUT2D eigenvalue weighted by molar-refractivity contribution is 0.0946. The molecule has 122 valence electrons. The van der Waals surface area contributed by atoms with E-state index in [2.05, 4.69) is 25.3 Å². The SMILES string of the molecule is O=C(NCC(c1ccc(Cl)cc1)C1CC1)c1ncnc2nc[nH]c12. The van der Waals surface area contributed by atoms with Crippen LogP contribution in [0.4, 0.5) is 0 Å². The van der Waals surface area contributed by atoms with Crippen molar-refractivity contribution in [2.24, 2.45) is 5.92 Å². The molecule has 24 heavy (non-hydrogen) atoms. The lowest BCUT2D eigenvalue weighted by atomic mass is 9.94. The first-order chi connectivity index (χ1) is 11.7. The number of hydrogen-bond donors (Lipinski definition) is 2. The first-order valence-corrected chi connectivity index (χ1v) is 8.28. The molecule has 1 amide bonds. The fraction of sp³-hybridized carbons (Fsp3) is 0.294. The highest BCUT2D eigenvalue weighted by Crippen LogP contribution is 2.42. The molecule has 1 saturated carbocycles. The van der Waals surface area contributed by atoms with E-state index in [1.165, 1.54) is 31.1 Å². The van der Waals surface area contributed by atoms with Gasteiger partial charge in [-0.25, -0.2) is 15.0 Å². The molecular formula is C17H16ClN5O. The van der Waals surface area contributed by atoms with Crippen LogP contribution in [0, 0.1) is 5.92 Å². The summed E-state index contributed by atoms with van der Waals surface area (Å²) in [6.07, 6.45) is 5.26. The molecule has 2 aromatic heterocycles. The van der Waals surface area contributed by atoms with Crippen molar-refractivity contribution >= 4 is 28.7 Å². The molecular weight excluding hydrogens is 326 g/mol. The number of imidazole rings is 1. The number of fused-ring (bicyclic) bond motifs is 1. The zero-order valence-corrected chi connectivity index (χ0v) is 13.6. The van der Waals surface area contributed by atoms with Crippen molar-refractivity contribution in [1.29, 1.82) is 0 Å². The second-order valence-electron chi connectivity index (χ2n) is 6.03. The average molecular weight is 342 g/mol. The highest BCUT2D eigenvalue weighted by molar-refractivity contribution is 6.30. The molecule has 1 aliphatic rings. The molecule has 1 fully saturated rings. The number of carbonyl (C=O) groups excluding carboxylic acids is 1. The normalized spacial score (nSPS) is 15.4. The van der Waals surface area contributed by atoms with Gasteiger partial charge in [0.2, 0.25) is 0 Å². The molecule has 1 aliphatic carbocycles. The summed E-state index contributed by atoms with van der Waals surface area (Å²) in [4.78, 5) is 27.6. The van der Waals surface area contributed by atoms with Gasteiger partial charge in [0.15, 0.2) is 11.3 Å². The number of H-pyrrole nitrogens is 1. The highest BCUT2D eigenvalue weighted by atomic mass is 35.5. The van der Waals surface area contributed by atoms with E-state index >= 15 is 0 Å². The quantitative estimate of drug-likeness (QED) is 0.747. The summed E-state index contributed by atoms with van der Waals surface area (Å²) in [6.45, 7) is 0.574. The van der Waals surface area contributed by atoms with E-state index in [0.29, 0.717) is 35.2 Å². The molecule has 4 rings (SSSR count). The first-order valence-electron chi connectivity index (χ1n) is 7.90. The van der Waals surface area contributed by atoms with Crippen molar-refractivity contribution in [2.75, 3.05) is 6.54 Å². The molecule has 6 nitrogen and oxygen atoms in total. The Bertz CT molecular complexity index is 872. The minimum absolute atomic E-state index is 0.216. The molecule has 0 radical (unpaired) electrons. The maximum atomic E-state index is 12.5. The largest absolute Gasteiger partial charge is 0.350 e. The van der Waals surface area contributed by atoms with Crippen molar-refractivity contribution in [1.82, 2.24) is 25.3 Å². The molecule has 3 aromatic rings. The Morgan fingerprint density at radius 1 is 1.25 bits per heavy atom. The van der Waals surface area contributed by atoms with Crippen molar-refractivity contribution in [3.8, 4) is 0 Å². The fourth-order valence-corrected chi connectivity index (χ4v) is 3.11. The number of nitrogens with zero attached hydrogens (tertiary/aromatic N) is 3. The Morgan fingerprint density at radius 2 is 2.04 bits per heavy atom. The zero-order valence-electron chi connectivity index (χ0n) is 12.9. The van der Waals surface area contributed by atoms with Crippen molar-refractivity contribution in [2.45, 2.75) is 18.8 Å². The molecule has 7 heteroatoms. The summed E-state index contributed by atoms with van der Waals surface area (Å²) in [7, 11) is 0. The van der Waals surface area contributed by atoms with Gasteiger partial charge >= 0.3 is 0 Å². The van der Waals surface area contributed by atoms with Crippen LogP contribution in [0.3, 0.4) is 0 Å². The predicted octanol–water partition coefficient (Wildman–Crippen LogP) is 2.93. The minimum Gasteiger partial charge on any atom is -0.350 e. The van der Waals surface area contributed by atoms with Crippen LogP contribution >= 0.6 is 11.6 Å². The summed E-state index contributed by atoms with van der Waals surface area (Å²) >= 11 is 5.97. The summed E-state index contributed by atoms with van der Waals surface area (Å²) in [5, 5.41) is 3.73. The Hall–Kier alpha value is -2.47. The number of benzene rings is 1. The number of aromatic nitrogens is 4. The Kier molecular flexibility index (Phi) is 3.90. The van der Waals surface area contributed by atoms with E-state index in [4.69, 9.17) is 11.6 Å². The van der Waals surface area contributed by atoms with E-state index in [-0.39, 0.29) is 5.91 Å². The van der Waals surface area contributed by atoms with Crippen molar-refractivity contribution in [3.05, 3.63) is 53.2 Å². The second-order valence-corrected chi connectivity index (χ2v) is 6.47. The second kappa shape index (κ2) is 6.20. The first kappa shape index (κ1) is 15.1. The molecule has 2 heterocycles. The Morgan fingerprint density at radius 3 is 2.79 bits per heavy atom. The van der Waals surface area contributed by atoms with Gasteiger partial charge in [-0.15, -0.1) is 0 Å². The van der Waals surface area contributed by atoms with Crippen LogP contribution in [0.15, 0.2) is 36.9 Å². The summed E-state index contributed by atoms with van der Waals surface area (Å²) in [5.74, 6) is 0.695. The molecule has 1 aromatic carbocycles. The van der Waals surface area contributed by atoms with Crippen molar-refractivity contribution in [3.63, 3.8) is 0 Å². The number of hydrogen-bond acceptors (Lipinski definition) is 4. The highest BCUT2D eigenvalue weighted by Gasteiger charge is 2.32. The maximum absolute atomic E-state index is 12.5. The Balaban J connectivity index is 1.51. The third-order valence-corrected chi connectivity index (χ3v) is 4.66. The minimum atomic E-state index is -0.216. The number of amides is 1. The number of carbonyl (C=O) groups is 1. The number of nitrogens with one attached hydrogen (secondary N) is 2. The van der Waals surface area contributed by atoms with Crippen LogP contribution in [-0.2, 0) is 0 Å². The standard InChI is InChI=1S/C17H16ClN5O/c18-12-5-3-11(4-6-12)13(10-1-2-10)7-19-17(24)15-14-16(22-8-20-14)23-9-21-15/h3-6,8-10,13H,1-2,7H2,(H,19,24)(H,20,21,22,23). The fourth-order valence-electron chi connectivity index (χ4n) is 2.99. The van der Waals surface area contributed by atoms with Gasteiger partial charge in [0.1, 0.15) is 11.8 Å². The lowest BCUT2D eigenvalue weighted by Gasteiger charge is -2.17. The van der Waals surface area contributed by atoms with E-state index < -0.39 is 0 Å². The van der Waals surface area contributed by atoms with Gasteiger partial charge in [-0.1, -0.05) is 23.7 Å². The van der Waals surface area contributed by atoms with Gasteiger partial charge < -0.3 is 10.3 Å². The third kappa shape index (κ3) is 2.97. The monoisotopic (exact) mass is 341 g/mol.